The molecule has 1 atom stereocenters. The van der Waals surface area contributed by atoms with E-state index in [1.807, 2.05) is 42.3 Å². The highest BCUT2D eigenvalue weighted by Gasteiger charge is 2.34. The van der Waals surface area contributed by atoms with Gasteiger partial charge in [-0.1, -0.05) is 30.3 Å². The first-order chi connectivity index (χ1) is 13.6. The third-order valence-electron chi connectivity index (χ3n) is 4.90. The van der Waals surface area contributed by atoms with Gasteiger partial charge in [-0.15, -0.1) is 0 Å². The second-order valence-electron chi connectivity index (χ2n) is 6.82. The third-order valence-corrected chi connectivity index (χ3v) is 4.90. The standard InChI is InChI=1S/C23H24N2O3/c1-25(21-8-5-15-24-16-21)23(13-11-22(27)12-14-23)28-18-20(17-26)10-9-19-6-3-2-4-7-19/h2-8,11-17,20H,9-10,18H2,1H3. The van der Waals surface area contributed by atoms with Crippen molar-refractivity contribution in [1.29, 1.82) is 0 Å². The van der Waals surface area contributed by atoms with Crippen LogP contribution in [0.2, 0.25) is 0 Å². The van der Waals surface area contributed by atoms with Crippen molar-refractivity contribution in [3.05, 3.63) is 84.7 Å². The fourth-order valence-corrected chi connectivity index (χ4v) is 3.11. The summed E-state index contributed by atoms with van der Waals surface area (Å²) in [6.45, 7) is 0.254. The predicted octanol–water partition coefficient (Wildman–Crippen LogP) is 3.37. The summed E-state index contributed by atoms with van der Waals surface area (Å²) in [6, 6.07) is 13.8. The van der Waals surface area contributed by atoms with Gasteiger partial charge >= 0.3 is 0 Å². The number of pyridine rings is 1. The maximum absolute atomic E-state index is 11.6. The Bertz CT molecular complexity index is 831. The predicted molar refractivity (Wildman–Crippen MR) is 109 cm³/mol. The molecule has 5 nitrogen and oxygen atoms in total. The smallest absolute Gasteiger partial charge is 0.180 e. The van der Waals surface area contributed by atoms with Crippen molar-refractivity contribution in [1.82, 2.24) is 4.98 Å². The number of allylic oxidation sites excluding steroid dienone is 2. The van der Waals surface area contributed by atoms with Crippen molar-refractivity contribution in [2.75, 3.05) is 18.6 Å². The summed E-state index contributed by atoms with van der Waals surface area (Å²) >= 11 is 0. The van der Waals surface area contributed by atoms with Crippen molar-refractivity contribution in [2.24, 2.45) is 5.92 Å². The summed E-state index contributed by atoms with van der Waals surface area (Å²) < 4.78 is 6.22. The fourth-order valence-electron chi connectivity index (χ4n) is 3.11. The highest BCUT2D eigenvalue weighted by molar-refractivity contribution is 6.00. The molecule has 0 saturated heterocycles. The van der Waals surface area contributed by atoms with E-state index in [1.165, 1.54) is 17.7 Å². The van der Waals surface area contributed by atoms with Crippen LogP contribution in [0.3, 0.4) is 0 Å². The van der Waals surface area contributed by atoms with Gasteiger partial charge in [0.2, 0.25) is 0 Å². The molecule has 1 aliphatic carbocycles. The molecule has 1 heterocycles. The Labute approximate surface area is 165 Å². The number of carbonyl (C=O) groups is 2. The number of likely N-dealkylation sites (N-methyl/N-ethyl adjacent to an activating group) is 1. The molecule has 28 heavy (non-hydrogen) atoms. The van der Waals surface area contributed by atoms with Crippen molar-refractivity contribution in [3.8, 4) is 0 Å². The summed E-state index contributed by atoms with van der Waals surface area (Å²) in [4.78, 5) is 29.3. The Hall–Kier alpha value is -3.05. The van der Waals surface area contributed by atoms with Crippen LogP contribution in [0.4, 0.5) is 5.69 Å². The van der Waals surface area contributed by atoms with Crippen LogP contribution in [-0.4, -0.2) is 36.4 Å². The second kappa shape index (κ2) is 9.24. The van der Waals surface area contributed by atoms with Crippen molar-refractivity contribution in [2.45, 2.75) is 18.6 Å². The maximum Gasteiger partial charge on any atom is 0.180 e. The van der Waals surface area contributed by atoms with Gasteiger partial charge in [-0.2, -0.15) is 0 Å². The van der Waals surface area contributed by atoms with Gasteiger partial charge < -0.3 is 14.4 Å². The molecule has 0 saturated carbocycles. The van der Waals surface area contributed by atoms with Crippen LogP contribution in [0.25, 0.3) is 0 Å². The van der Waals surface area contributed by atoms with Gasteiger partial charge in [-0.05, 0) is 54.8 Å². The van der Waals surface area contributed by atoms with E-state index in [4.69, 9.17) is 4.74 Å². The number of nitrogens with zero attached hydrogens (tertiary/aromatic N) is 2. The van der Waals surface area contributed by atoms with Gasteiger partial charge in [-0.25, -0.2) is 0 Å². The van der Waals surface area contributed by atoms with E-state index in [0.29, 0.717) is 6.42 Å². The van der Waals surface area contributed by atoms with E-state index in [9.17, 15) is 9.59 Å². The monoisotopic (exact) mass is 376 g/mol. The minimum atomic E-state index is -0.940. The van der Waals surface area contributed by atoms with Crippen LogP contribution < -0.4 is 4.90 Å². The zero-order valence-corrected chi connectivity index (χ0v) is 15.9. The summed E-state index contributed by atoms with van der Waals surface area (Å²) in [5.41, 5.74) is 1.10. The Morgan fingerprint density at radius 1 is 1.14 bits per heavy atom. The molecule has 0 aliphatic heterocycles. The molecule has 0 radical (unpaired) electrons. The quantitative estimate of drug-likeness (QED) is 0.496. The number of ether oxygens (including phenoxy) is 1. The summed E-state index contributed by atoms with van der Waals surface area (Å²) in [6.07, 6.45) is 12.3. The third kappa shape index (κ3) is 4.81. The number of carbonyl (C=O) groups excluding carboxylic acids is 2. The lowest BCUT2D eigenvalue weighted by Gasteiger charge is -2.39. The summed E-state index contributed by atoms with van der Waals surface area (Å²) in [5.74, 6) is -0.325. The Balaban J connectivity index is 1.71. The Kier molecular flexibility index (Phi) is 6.50. The highest BCUT2D eigenvalue weighted by Crippen LogP contribution is 2.29. The van der Waals surface area contributed by atoms with Crippen molar-refractivity contribution in [3.63, 3.8) is 0 Å². The normalized spacial score (nSPS) is 16.0. The molecule has 2 aromatic rings. The van der Waals surface area contributed by atoms with Crippen LogP contribution in [0.15, 0.2) is 79.2 Å². The average molecular weight is 376 g/mol. The van der Waals surface area contributed by atoms with Gasteiger partial charge in [0.05, 0.1) is 18.5 Å². The first-order valence-electron chi connectivity index (χ1n) is 9.32. The maximum atomic E-state index is 11.6. The number of ketones is 1. The van der Waals surface area contributed by atoms with E-state index >= 15 is 0 Å². The zero-order chi connectivity index (χ0) is 19.8. The van der Waals surface area contributed by atoms with Gasteiger partial charge in [0, 0.05) is 19.2 Å². The average Bonchev–Trinajstić information content (AvgIpc) is 2.76. The number of aryl methyl sites for hydroxylation is 1. The lowest BCUT2D eigenvalue weighted by molar-refractivity contribution is -0.115. The molecule has 3 rings (SSSR count). The molecule has 5 heteroatoms. The number of hydrogen-bond acceptors (Lipinski definition) is 5. The Morgan fingerprint density at radius 2 is 1.89 bits per heavy atom. The van der Waals surface area contributed by atoms with E-state index < -0.39 is 5.72 Å². The first kappa shape index (κ1) is 19.7. The van der Waals surface area contributed by atoms with E-state index in [1.54, 1.807) is 24.5 Å². The number of aldehydes is 1. The summed E-state index contributed by atoms with van der Waals surface area (Å²) in [5, 5.41) is 0. The van der Waals surface area contributed by atoms with Crippen molar-refractivity contribution >= 4 is 17.8 Å². The molecule has 1 aliphatic rings. The molecule has 1 aromatic carbocycles. The largest absolute Gasteiger partial charge is 0.348 e. The van der Waals surface area contributed by atoms with E-state index in [0.717, 1.165) is 18.4 Å². The molecule has 1 unspecified atom stereocenters. The molecular formula is C23H24N2O3. The number of rotatable bonds is 9. The van der Waals surface area contributed by atoms with Gasteiger partial charge in [-0.3, -0.25) is 9.78 Å². The number of benzene rings is 1. The molecule has 0 fully saturated rings. The highest BCUT2D eigenvalue weighted by atomic mass is 16.5. The lowest BCUT2D eigenvalue weighted by Crippen LogP contribution is -2.48. The number of hydrogen-bond donors (Lipinski definition) is 0. The van der Waals surface area contributed by atoms with Gasteiger partial charge in [0.1, 0.15) is 6.29 Å². The zero-order valence-electron chi connectivity index (χ0n) is 15.9. The topological polar surface area (TPSA) is 59.5 Å². The van der Waals surface area contributed by atoms with Crippen LogP contribution in [0.5, 0.6) is 0 Å². The van der Waals surface area contributed by atoms with Gasteiger partial charge in [0.25, 0.3) is 0 Å². The molecule has 0 amide bonds. The Morgan fingerprint density at radius 3 is 2.54 bits per heavy atom. The molecule has 0 bridgehead atoms. The lowest BCUT2D eigenvalue weighted by atomic mass is 10.00. The van der Waals surface area contributed by atoms with Crippen LogP contribution in [-0.2, 0) is 20.7 Å². The second-order valence-corrected chi connectivity index (χ2v) is 6.82. The van der Waals surface area contributed by atoms with Gasteiger partial charge in [0.15, 0.2) is 11.5 Å². The van der Waals surface area contributed by atoms with Crippen LogP contribution in [0, 0.1) is 5.92 Å². The van der Waals surface area contributed by atoms with Crippen molar-refractivity contribution < 1.29 is 14.3 Å². The minimum Gasteiger partial charge on any atom is -0.348 e. The molecule has 0 N–H and O–H groups in total. The summed E-state index contributed by atoms with van der Waals surface area (Å²) in [7, 11) is 1.88. The van der Waals surface area contributed by atoms with Crippen LogP contribution >= 0.6 is 0 Å². The molecule has 0 spiro atoms. The fraction of sp³-hybridized carbons (Fsp3) is 0.261. The van der Waals surface area contributed by atoms with E-state index in [-0.39, 0.29) is 18.3 Å². The first-order valence-corrected chi connectivity index (χ1v) is 9.32. The molecule has 144 valence electrons. The van der Waals surface area contributed by atoms with E-state index in [2.05, 4.69) is 17.1 Å². The SMILES string of the molecule is CN(c1cccnc1)C1(OCC(C=O)CCc2ccccc2)C=CC(=O)C=C1. The van der Waals surface area contributed by atoms with Crippen LogP contribution in [0.1, 0.15) is 12.0 Å². The number of anilines is 1. The molecular weight excluding hydrogens is 352 g/mol. The minimum absolute atomic E-state index is 0.0881. The number of aromatic nitrogens is 1. The molecule has 1 aromatic heterocycles.